The van der Waals surface area contributed by atoms with E-state index < -0.39 is 0 Å². The molecule has 3 aromatic rings. The third-order valence-electron chi connectivity index (χ3n) is 4.97. The first-order chi connectivity index (χ1) is 16.4. The summed E-state index contributed by atoms with van der Waals surface area (Å²) in [6.07, 6.45) is 1.78. The van der Waals surface area contributed by atoms with Crippen LogP contribution in [0.4, 0.5) is 5.69 Å². The van der Waals surface area contributed by atoms with Crippen molar-refractivity contribution >= 4 is 73.5 Å². The number of carbonyl (C=O) groups is 1. The first-order valence-corrected chi connectivity index (χ1v) is 12.5. The van der Waals surface area contributed by atoms with Crippen molar-refractivity contribution in [3.63, 3.8) is 0 Å². The number of para-hydroxylation sites is 2. The van der Waals surface area contributed by atoms with Gasteiger partial charge in [0.1, 0.15) is 12.4 Å². The van der Waals surface area contributed by atoms with Gasteiger partial charge in [0.25, 0.3) is 5.91 Å². The number of amides is 1. The van der Waals surface area contributed by atoms with Crippen molar-refractivity contribution in [2.45, 2.75) is 6.61 Å². The molecule has 0 aliphatic carbocycles. The maximum Gasteiger partial charge on any atom is 0.270 e. The molecule has 174 valence electrons. The largest absolute Gasteiger partial charge is 0.495 e. The smallest absolute Gasteiger partial charge is 0.270 e. The number of nitrogens with zero attached hydrogens (tertiary/aromatic N) is 1. The highest BCUT2D eigenvalue weighted by atomic mass is 79.9. The number of rotatable bonds is 7. The Morgan fingerprint density at radius 1 is 1.06 bits per heavy atom. The molecule has 0 unspecified atom stereocenters. The molecule has 1 amide bonds. The molecule has 1 aliphatic rings. The second-order valence-corrected chi connectivity index (χ2v) is 10.1. The predicted molar refractivity (Wildman–Crippen MR) is 145 cm³/mol. The fraction of sp³-hybridized carbons (Fsp3) is 0.120. The average Bonchev–Trinajstić information content (AvgIpc) is 3.11. The lowest BCUT2D eigenvalue weighted by molar-refractivity contribution is -0.113. The molecule has 0 radical (unpaired) electrons. The predicted octanol–water partition coefficient (Wildman–Crippen LogP) is 7.10. The minimum atomic E-state index is -0.211. The number of hydrogen-bond donors (Lipinski definition) is 0. The molecule has 0 aromatic heterocycles. The fourth-order valence-electron chi connectivity index (χ4n) is 3.34. The number of halogens is 2. The molecular formula is C25H19BrClNO4S2. The van der Waals surface area contributed by atoms with Crippen molar-refractivity contribution in [3.05, 3.63) is 86.2 Å². The summed E-state index contributed by atoms with van der Waals surface area (Å²) in [7, 11) is 3.13. The van der Waals surface area contributed by atoms with Gasteiger partial charge in [-0.15, -0.1) is 0 Å². The zero-order valence-corrected chi connectivity index (χ0v) is 22.2. The lowest BCUT2D eigenvalue weighted by Crippen LogP contribution is -2.27. The Labute approximate surface area is 220 Å². The topological polar surface area (TPSA) is 48.0 Å². The molecule has 0 N–H and O–H groups in total. The van der Waals surface area contributed by atoms with Gasteiger partial charge in [-0.2, -0.15) is 0 Å². The minimum Gasteiger partial charge on any atom is -0.495 e. The van der Waals surface area contributed by atoms with Gasteiger partial charge in [-0.05, 0) is 69.5 Å². The second kappa shape index (κ2) is 10.8. The van der Waals surface area contributed by atoms with Gasteiger partial charge in [0.15, 0.2) is 15.8 Å². The van der Waals surface area contributed by atoms with Crippen LogP contribution in [0.1, 0.15) is 11.1 Å². The first kappa shape index (κ1) is 24.6. The molecule has 1 heterocycles. The van der Waals surface area contributed by atoms with Gasteiger partial charge in [0.05, 0.1) is 29.3 Å². The summed E-state index contributed by atoms with van der Waals surface area (Å²) in [6.45, 7) is 0.350. The maximum absolute atomic E-state index is 13.2. The van der Waals surface area contributed by atoms with Gasteiger partial charge >= 0.3 is 0 Å². The molecule has 0 bridgehead atoms. The summed E-state index contributed by atoms with van der Waals surface area (Å²) < 4.78 is 18.1. The summed E-state index contributed by atoms with van der Waals surface area (Å²) in [5.74, 6) is 1.47. The number of carbonyl (C=O) groups excluding carboxylic acids is 1. The molecule has 1 saturated heterocycles. The van der Waals surface area contributed by atoms with E-state index in [-0.39, 0.29) is 5.91 Å². The van der Waals surface area contributed by atoms with Gasteiger partial charge in [-0.25, -0.2) is 0 Å². The molecule has 1 aliphatic heterocycles. The van der Waals surface area contributed by atoms with Crippen LogP contribution in [0, 0.1) is 0 Å². The third-order valence-corrected chi connectivity index (χ3v) is 7.11. The van der Waals surface area contributed by atoms with E-state index in [2.05, 4.69) is 15.9 Å². The van der Waals surface area contributed by atoms with E-state index in [0.29, 0.717) is 48.3 Å². The van der Waals surface area contributed by atoms with Crippen LogP contribution < -0.4 is 19.1 Å². The van der Waals surface area contributed by atoms with Crippen molar-refractivity contribution in [2.24, 2.45) is 0 Å². The van der Waals surface area contributed by atoms with Gasteiger partial charge in [-0.3, -0.25) is 9.69 Å². The van der Waals surface area contributed by atoms with Crippen LogP contribution in [0.2, 0.25) is 5.02 Å². The Balaban J connectivity index is 1.59. The van der Waals surface area contributed by atoms with Crippen molar-refractivity contribution in [1.29, 1.82) is 0 Å². The number of benzene rings is 3. The second-order valence-electron chi connectivity index (χ2n) is 7.14. The normalized spacial score (nSPS) is 14.6. The number of thioether (sulfide) groups is 1. The van der Waals surface area contributed by atoms with Crippen LogP contribution in [0.15, 0.2) is 70.0 Å². The van der Waals surface area contributed by atoms with Crippen LogP contribution in [-0.4, -0.2) is 24.4 Å². The number of ether oxygens (including phenoxy) is 3. The molecular weight excluding hydrogens is 558 g/mol. The lowest BCUT2D eigenvalue weighted by Gasteiger charge is -2.17. The van der Waals surface area contributed by atoms with Crippen molar-refractivity contribution in [3.8, 4) is 17.2 Å². The van der Waals surface area contributed by atoms with Gasteiger partial charge in [0, 0.05) is 5.02 Å². The monoisotopic (exact) mass is 575 g/mol. The van der Waals surface area contributed by atoms with Crippen LogP contribution >= 0.6 is 51.5 Å². The van der Waals surface area contributed by atoms with E-state index in [9.17, 15) is 4.79 Å². The molecule has 0 atom stereocenters. The summed E-state index contributed by atoms with van der Waals surface area (Å²) >= 11 is 16.3. The number of hydrogen-bond acceptors (Lipinski definition) is 6. The van der Waals surface area contributed by atoms with Gasteiger partial charge in [-0.1, -0.05) is 59.8 Å². The summed E-state index contributed by atoms with van der Waals surface area (Å²) in [5, 5.41) is 0.669. The first-order valence-electron chi connectivity index (χ1n) is 10.1. The highest BCUT2D eigenvalue weighted by molar-refractivity contribution is 9.10. The van der Waals surface area contributed by atoms with Crippen molar-refractivity contribution < 1.29 is 19.0 Å². The van der Waals surface area contributed by atoms with Crippen LogP contribution in [0.25, 0.3) is 6.08 Å². The van der Waals surface area contributed by atoms with E-state index in [0.717, 1.165) is 11.1 Å². The van der Waals surface area contributed by atoms with E-state index in [1.165, 1.54) is 16.7 Å². The van der Waals surface area contributed by atoms with E-state index in [1.54, 1.807) is 32.4 Å². The Hall–Kier alpha value is -2.52. The van der Waals surface area contributed by atoms with E-state index in [4.69, 9.17) is 38.0 Å². The van der Waals surface area contributed by atoms with E-state index >= 15 is 0 Å². The van der Waals surface area contributed by atoms with Crippen LogP contribution in [-0.2, 0) is 11.4 Å². The Bertz CT molecular complexity index is 1280. The third kappa shape index (κ3) is 5.25. The SMILES string of the molecule is COc1ccccc1N1C(=O)/C(=C\c2cc(Br)c(OCc3ccc(Cl)cc3)c(OC)c2)SC1=S. The quantitative estimate of drug-likeness (QED) is 0.221. The molecule has 5 nitrogen and oxygen atoms in total. The molecule has 0 spiro atoms. The van der Waals surface area contributed by atoms with Gasteiger partial charge in [0.2, 0.25) is 0 Å². The Kier molecular flexibility index (Phi) is 7.83. The van der Waals surface area contributed by atoms with E-state index in [1.807, 2.05) is 48.5 Å². The number of thiocarbonyl (C=S) groups is 1. The maximum atomic E-state index is 13.2. The van der Waals surface area contributed by atoms with Crippen molar-refractivity contribution in [2.75, 3.05) is 19.1 Å². The zero-order valence-electron chi connectivity index (χ0n) is 18.2. The molecule has 1 fully saturated rings. The average molecular weight is 577 g/mol. The minimum absolute atomic E-state index is 0.211. The highest BCUT2D eigenvalue weighted by Crippen LogP contribution is 2.42. The molecule has 34 heavy (non-hydrogen) atoms. The van der Waals surface area contributed by atoms with Crippen LogP contribution in [0.3, 0.4) is 0 Å². The fourth-order valence-corrected chi connectivity index (χ4v) is 5.33. The standard InChI is InChI=1S/C25H19BrClNO4S2/c1-30-20-6-4-3-5-19(20)28-24(29)22(34-25(28)33)13-16-11-18(26)23(21(12-16)31-2)32-14-15-7-9-17(27)10-8-15/h3-13H,14H2,1-2H3/b22-13+. The van der Waals surface area contributed by atoms with Crippen LogP contribution in [0.5, 0.6) is 17.2 Å². The zero-order chi connectivity index (χ0) is 24.2. The highest BCUT2D eigenvalue weighted by Gasteiger charge is 2.35. The van der Waals surface area contributed by atoms with Crippen molar-refractivity contribution in [1.82, 2.24) is 0 Å². The number of methoxy groups -OCH3 is 2. The summed E-state index contributed by atoms with van der Waals surface area (Å²) in [5.41, 5.74) is 2.35. The lowest BCUT2D eigenvalue weighted by atomic mass is 10.1. The molecule has 9 heteroatoms. The molecule has 0 saturated carbocycles. The summed E-state index contributed by atoms with van der Waals surface area (Å²) in [4.78, 5) is 15.2. The number of anilines is 1. The summed E-state index contributed by atoms with van der Waals surface area (Å²) in [6, 6.07) is 18.4. The Morgan fingerprint density at radius 2 is 1.76 bits per heavy atom. The molecule has 3 aromatic carbocycles. The molecule has 4 rings (SSSR count). The Morgan fingerprint density at radius 3 is 2.47 bits per heavy atom. The van der Waals surface area contributed by atoms with Gasteiger partial charge < -0.3 is 14.2 Å².